The van der Waals surface area contributed by atoms with Gasteiger partial charge in [-0.3, -0.25) is 9.59 Å². The van der Waals surface area contributed by atoms with Gasteiger partial charge in [0.25, 0.3) is 0 Å². The first-order valence-corrected chi connectivity index (χ1v) is 6.10. The van der Waals surface area contributed by atoms with Crippen LogP contribution < -0.4 is 0 Å². The molecule has 0 aromatic carbocycles. The van der Waals surface area contributed by atoms with E-state index >= 15 is 0 Å². The zero-order valence-electron chi connectivity index (χ0n) is 9.82. The Morgan fingerprint density at radius 3 is 2.47 bits per heavy atom. The molecule has 1 aliphatic rings. The Morgan fingerprint density at radius 1 is 1.47 bits per heavy atom. The molecule has 1 fully saturated rings. The lowest BCUT2D eigenvalue weighted by Crippen LogP contribution is -2.45. The predicted octanol–water partition coefficient (Wildman–Crippen LogP) is 2.56. The van der Waals surface area contributed by atoms with Crippen LogP contribution in [0.3, 0.4) is 0 Å². The van der Waals surface area contributed by atoms with E-state index in [1.165, 1.54) is 18.7 Å². The van der Waals surface area contributed by atoms with Gasteiger partial charge in [-0.25, -0.2) is 0 Å². The molecule has 0 aromatic rings. The summed E-state index contributed by atoms with van der Waals surface area (Å²) in [5, 5.41) is 9.43. The van der Waals surface area contributed by atoms with Gasteiger partial charge >= 0.3 is 11.9 Å². The number of carbonyl (C=O) groups is 2. The van der Waals surface area contributed by atoms with Crippen LogP contribution in [0.4, 0.5) is 0 Å². The Labute approximate surface area is 106 Å². The summed E-state index contributed by atoms with van der Waals surface area (Å²) in [6.45, 7) is 0. The maximum Gasteiger partial charge on any atom is 0.323 e. The fourth-order valence-corrected chi connectivity index (χ4v) is 2.69. The van der Waals surface area contributed by atoms with E-state index in [0.29, 0.717) is 0 Å². The minimum absolute atomic E-state index is 0.0865. The van der Waals surface area contributed by atoms with E-state index in [2.05, 4.69) is 4.74 Å². The number of allylic oxidation sites excluding steroid dienone is 1. The second-order valence-electron chi connectivity index (χ2n) is 4.32. The Balaban J connectivity index is 3.09. The molecule has 17 heavy (non-hydrogen) atoms. The van der Waals surface area contributed by atoms with Crippen molar-refractivity contribution in [1.82, 2.24) is 0 Å². The molecular formula is C12H17ClO4. The van der Waals surface area contributed by atoms with Gasteiger partial charge in [-0.15, -0.1) is 0 Å². The molecule has 0 aromatic heterocycles. The molecule has 0 heterocycles. The predicted molar refractivity (Wildman–Crippen MR) is 63.7 cm³/mol. The summed E-state index contributed by atoms with van der Waals surface area (Å²) in [4.78, 5) is 23.4. The average molecular weight is 261 g/mol. The Bertz CT molecular complexity index is 320. The van der Waals surface area contributed by atoms with Crippen LogP contribution in [-0.4, -0.2) is 24.2 Å². The number of hydrogen-bond donors (Lipinski definition) is 1. The SMILES string of the molecule is COC(=O)C(C/C=C/Cl)(C(=O)O)C1CCCC1. The van der Waals surface area contributed by atoms with E-state index in [-0.39, 0.29) is 12.3 Å². The van der Waals surface area contributed by atoms with Crippen molar-refractivity contribution in [1.29, 1.82) is 0 Å². The van der Waals surface area contributed by atoms with Crippen LogP contribution in [0.5, 0.6) is 0 Å². The molecule has 0 bridgehead atoms. The van der Waals surface area contributed by atoms with Crippen molar-refractivity contribution in [3.8, 4) is 0 Å². The normalized spacial score (nSPS) is 20.4. The molecule has 0 amide bonds. The maximum atomic E-state index is 11.9. The Hall–Kier alpha value is -1.03. The van der Waals surface area contributed by atoms with Gasteiger partial charge in [0.1, 0.15) is 0 Å². The number of carboxylic acid groups (broad SMARTS) is 1. The van der Waals surface area contributed by atoms with Crippen LogP contribution in [0.2, 0.25) is 0 Å². The Kier molecular flexibility index (Phi) is 5.00. The van der Waals surface area contributed by atoms with Crippen LogP contribution in [-0.2, 0) is 14.3 Å². The summed E-state index contributed by atoms with van der Waals surface area (Å²) in [7, 11) is 1.22. The van der Waals surface area contributed by atoms with E-state index in [9.17, 15) is 14.7 Å². The highest BCUT2D eigenvalue weighted by molar-refractivity contribution is 6.25. The fraction of sp³-hybridized carbons (Fsp3) is 0.667. The van der Waals surface area contributed by atoms with Gasteiger partial charge in [0, 0.05) is 5.54 Å². The van der Waals surface area contributed by atoms with E-state index < -0.39 is 17.4 Å². The Morgan fingerprint density at radius 2 is 2.06 bits per heavy atom. The summed E-state index contributed by atoms with van der Waals surface area (Å²) in [5.74, 6) is -1.96. The zero-order chi connectivity index (χ0) is 12.9. The van der Waals surface area contributed by atoms with E-state index in [1.54, 1.807) is 0 Å². The summed E-state index contributed by atoms with van der Waals surface area (Å²) in [5.41, 5.74) is -0.230. The molecule has 96 valence electrons. The quantitative estimate of drug-likeness (QED) is 0.610. The van der Waals surface area contributed by atoms with Gasteiger partial charge in [-0.2, -0.15) is 0 Å². The number of esters is 1. The van der Waals surface area contributed by atoms with Crippen molar-refractivity contribution >= 4 is 23.5 Å². The summed E-state index contributed by atoms with van der Waals surface area (Å²) in [6, 6.07) is 0. The van der Waals surface area contributed by atoms with Crippen molar-refractivity contribution < 1.29 is 19.4 Å². The van der Waals surface area contributed by atoms with Gasteiger partial charge in [0.2, 0.25) is 0 Å². The molecule has 1 unspecified atom stereocenters. The number of halogens is 1. The molecule has 1 atom stereocenters. The number of aliphatic carboxylic acids is 1. The monoisotopic (exact) mass is 260 g/mol. The first-order valence-electron chi connectivity index (χ1n) is 5.66. The third kappa shape index (κ3) is 2.63. The standard InChI is InChI=1S/C12H17ClO4/c1-17-11(16)12(10(14)15,7-4-8-13)9-5-2-3-6-9/h4,8-9H,2-3,5-7H2,1H3,(H,14,15)/b8-4+. The lowest BCUT2D eigenvalue weighted by atomic mass is 9.71. The van der Waals surface area contributed by atoms with E-state index in [0.717, 1.165) is 25.7 Å². The molecule has 0 spiro atoms. The molecule has 1 rings (SSSR count). The molecular weight excluding hydrogens is 244 g/mol. The highest BCUT2D eigenvalue weighted by Crippen LogP contribution is 2.44. The first-order chi connectivity index (χ1) is 8.09. The fourth-order valence-electron chi connectivity index (χ4n) is 2.60. The zero-order valence-corrected chi connectivity index (χ0v) is 10.6. The van der Waals surface area contributed by atoms with Crippen LogP contribution in [0.1, 0.15) is 32.1 Å². The van der Waals surface area contributed by atoms with E-state index in [1.807, 2.05) is 0 Å². The number of carbonyl (C=O) groups excluding carboxylic acids is 1. The number of methoxy groups -OCH3 is 1. The van der Waals surface area contributed by atoms with Gasteiger partial charge in [-0.1, -0.05) is 30.5 Å². The van der Waals surface area contributed by atoms with Crippen LogP contribution >= 0.6 is 11.6 Å². The van der Waals surface area contributed by atoms with Gasteiger partial charge < -0.3 is 9.84 Å². The molecule has 1 saturated carbocycles. The van der Waals surface area contributed by atoms with Gasteiger partial charge in [0.15, 0.2) is 5.41 Å². The first kappa shape index (κ1) is 14.0. The lowest BCUT2D eigenvalue weighted by molar-refractivity contribution is -0.171. The lowest BCUT2D eigenvalue weighted by Gasteiger charge is -2.31. The molecule has 1 aliphatic carbocycles. The third-order valence-corrected chi connectivity index (χ3v) is 3.69. The molecule has 0 radical (unpaired) electrons. The number of ether oxygens (including phenoxy) is 1. The van der Waals surface area contributed by atoms with Crippen molar-refractivity contribution in [3.63, 3.8) is 0 Å². The highest BCUT2D eigenvalue weighted by atomic mass is 35.5. The summed E-state index contributed by atoms with van der Waals surface area (Å²) < 4.78 is 4.69. The molecule has 5 heteroatoms. The van der Waals surface area contributed by atoms with Gasteiger partial charge in [-0.05, 0) is 25.2 Å². The smallest absolute Gasteiger partial charge is 0.323 e. The number of hydrogen-bond acceptors (Lipinski definition) is 3. The number of carboxylic acids is 1. The highest BCUT2D eigenvalue weighted by Gasteiger charge is 2.53. The minimum atomic E-state index is -1.48. The molecule has 1 N–H and O–H groups in total. The summed E-state index contributed by atoms with van der Waals surface area (Å²) in [6.07, 6.45) is 5.01. The van der Waals surface area contributed by atoms with Crippen molar-refractivity contribution in [3.05, 3.63) is 11.6 Å². The van der Waals surface area contributed by atoms with Crippen molar-refractivity contribution in [2.75, 3.05) is 7.11 Å². The summed E-state index contributed by atoms with van der Waals surface area (Å²) >= 11 is 5.44. The largest absolute Gasteiger partial charge is 0.480 e. The van der Waals surface area contributed by atoms with Crippen molar-refractivity contribution in [2.45, 2.75) is 32.1 Å². The number of rotatable bonds is 5. The molecule has 0 aliphatic heterocycles. The molecule has 0 saturated heterocycles. The minimum Gasteiger partial charge on any atom is -0.480 e. The second-order valence-corrected chi connectivity index (χ2v) is 4.57. The maximum absolute atomic E-state index is 11.9. The topological polar surface area (TPSA) is 63.6 Å². The van der Waals surface area contributed by atoms with Crippen LogP contribution in [0.15, 0.2) is 11.6 Å². The average Bonchev–Trinajstić information content (AvgIpc) is 2.83. The third-order valence-electron chi connectivity index (χ3n) is 3.51. The van der Waals surface area contributed by atoms with Crippen molar-refractivity contribution in [2.24, 2.45) is 11.3 Å². The molecule has 4 nitrogen and oxygen atoms in total. The second kappa shape index (κ2) is 6.05. The van der Waals surface area contributed by atoms with Crippen LogP contribution in [0, 0.1) is 11.3 Å². The van der Waals surface area contributed by atoms with Crippen LogP contribution in [0.25, 0.3) is 0 Å². The van der Waals surface area contributed by atoms with Gasteiger partial charge in [0.05, 0.1) is 7.11 Å². The van der Waals surface area contributed by atoms with E-state index in [4.69, 9.17) is 11.6 Å².